The zero-order chi connectivity index (χ0) is 13.5. The number of esters is 1. The summed E-state index contributed by atoms with van der Waals surface area (Å²) in [4.78, 5) is 15.5. The predicted octanol–water partition coefficient (Wildman–Crippen LogP) is 2.38. The first-order valence-corrected chi connectivity index (χ1v) is 5.97. The molecule has 0 aliphatic rings. The molecular weight excluding hydrogens is 242 g/mol. The Labute approximate surface area is 112 Å². The van der Waals surface area contributed by atoms with Crippen molar-refractivity contribution < 1.29 is 14.3 Å². The topological polar surface area (TPSA) is 48.4 Å². The molecule has 98 valence electrons. The quantitative estimate of drug-likeness (QED) is 0.772. The Balaban J connectivity index is 2.05. The van der Waals surface area contributed by atoms with Crippen molar-refractivity contribution in [2.24, 2.45) is 0 Å². The zero-order valence-corrected chi connectivity index (χ0v) is 10.7. The minimum atomic E-state index is -0.283. The summed E-state index contributed by atoms with van der Waals surface area (Å²) in [6, 6.07) is 13.1. The maximum atomic E-state index is 11.3. The van der Waals surface area contributed by atoms with Gasteiger partial charge in [-0.05, 0) is 18.2 Å². The zero-order valence-electron chi connectivity index (χ0n) is 10.7. The molecule has 0 unspecified atom stereocenters. The fourth-order valence-corrected chi connectivity index (χ4v) is 1.65. The van der Waals surface area contributed by atoms with E-state index in [0.29, 0.717) is 12.4 Å². The van der Waals surface area contributed by atoms with Gasteiger partial charge < -0.3 is 9.47 Å². The van der Waals surface area contributed by atoms with Gasteiger partial charge in [-0.3, -0.25) is 9.78 Å². The molecule has 1 heterocycles. The number of pyridine rings is 1. The summed E-state index contributed by atoms with van der Waals surface area (Å²) in [5.41, 5.74) is 1.65. The first-order valence-electron chi connectivity index (χ1n) is 5.97. The molecule has 0 saturated heterocycles. The number of methoxy groups -OCH3 is 1. The van der Waals surface area contributed by atoms with Crippen LogP contribution in [-0.2, 0) is 22.6 Å². The van der Waals surface area contributed by atoms with E-state index in [-0.39, 0.29) is 12.4 Å². The van der Waals surface area contributed by atoms with Crippen LogP contribution in [0.4, 0.5) is 0 Å². The summed E-state index contributed by atoms with van der Waals surface area (Å²) in [6.45, 7) is 0.374. The first-order chi connectivity index (χ1) is 9.29. The fraction of sp³-hybridized carbons (Fsp3) is 0.200. The van der Waals surface area contributed by atoms with Gasteiger partial charge in [0.1, 0.15) is 12.4 Å². The van der Waals surface area contributed by atoms with Gasteiger partial charge in [-0.1, -0.05) is 24.3 Å². The Morgan fingerprint density at radius 2 is 1.95 bits per heavy atom. The summed E-state index contributed by atoms with van der Waals surface area (Å²) in [5, 5.41) is 0. The highest BCUT2D eigenvalue weighted by Crippen LogP contribution is 2.19. The maximum Gasteiger partial charge on any atom is 0.310 e. The number of nitrogens with zero attached hydrogens (tertiary/aromatic N) is 1. The second kappa shape index (κ2) is 6.54. The van der Waals surface area contributed by atoms with Gasteiger partial charge in [0.15, 0.2) is 0 Å². The fourth-order valence-electron chi connectivity index (χ4n) is 1.65. The van der Waals surface area contributed by atoms with Crippen LogP contribution in [0.25, 0.3) is 0 Å². The molecule has 0 N–H and O–H groups in total. The second-order valence-electron chi connectivity index (χ2n) is 3.97. The van der Waals surface area contributed by atoms with E-state index in [1.54, 1.807) is 6.20 Å². The average Bonchev–Trinajstić information content (AvgIpc) is 2.47. The lowest BCUT2D eigenvalue weighted by atomic mass is 10.1. The highest BCUT2D eigenvalue weighted by atomic mass is 16.5. The van der Waals surface area contributed by atoms with Crippen molar-refractivity contribution in [2.45, 2.75) is 13.0 Å². The monoisotopic (exact) mass is 257 g/mol. The number of carbonyl (C=O) groups excluding carboxylic acids is 1. The van der Waals surface area contributed by atoms with E-state index in [0.717, 1.165) is 11.3 Å². The van der Waals surface area contributed by atoms with Crippen molar-refractivity contribution in [2.75, 3.05) is 7.11 Å². The average molecular weight is 257 g/mol. The molecule has 0 fully saturated rings. The molecule has 19 heavy (non-hydrogen) atoms. The molecule has 1 aromatic heterocycles. The molecule has 2 aromatic rings. The number of hydrogen-bond acceptors (Lipinski definition) is 4. The van der Waals surface area contributed by atoms with Gasteiger partial charge in [0.05, 0.1) is 19.2 Å². The largest absolute Gasteiger partial charge is 0.487 e. The van der Waals surface area contributed by atoms with Gasteiger partial charge in [-0.25, -0.2) is 0 Å². The second-order valence-corrected chi connectivity index (χ2v) is 3.97. The lowest BCUT2D eigenvalue weighted by Crippen LogP contribution is -2.07. The molecule has 0 spiro atoms. The van der Waals surface area contributed by atoms with Crippen LogP contribution in [0.3, 0.4) is 0 Å². The van der Waals surface area contributed by atoms with Crippen molar-refractivity contribution in [1.29, 1.82) is 0 Å². The Morgan fingerprint density at radius 3 is 2.68 bits per heavy atom. The summed E-state index contributed by atoms with van der Waals surface area (Å²) in [6.07, 6.45) is 1.92. The summed E-state index contributed by atoms with van der Waals surface area (Å²) < 4.78 is 10.4. The minimum absolute atomic E-state index is 0.203. The molecule has 0 aliphatic carbocycles. The van der Waals surface area contributed by atoms with E-state index >= 15 is 0 Å². The minimum Gasteiger partial charge on any atom is -0.487 e. The molecule has 0 atom stereocenters. The van der Waals surface area contributed by atoms with Crippen LogP contribution < -0.4 is 4.74 Å². The normalized spacial score (nSPS) is 9.95. The SMILES string of the molecule is COC(=O)Cc1ccccc1OCc1ccccn1. The summed E-state index contributed by atoms with van der Waals surface area (Å²) >= 11 is 0. The molecule has 0 saturated carbocycles. The van der Waals surface area contributed by atoms with Crippen molar-refractivity contribution in [1.82, 2.24) is 4.98 Å². The van der Waals surface area contributed by atoms with Crippen LogP contribution in [0, 0.1) is 0 Å². The van der Waals surface area contributed by atoms with Crippen LogP contribution in [0.2, 0.25) is 0 Å². The van der Waals surface area contributed by atoms with Gasteiger partial charge in [-0.2, -0.15) is 0 Å². The van der Waals surface area contributed by atoms with Crippen LogP contribution in [0.5, 0.6) is 5.75 Å². The van der Waals surface area contributed by atoms with Crippen molar-refractivity contribution >= 4 is 5.97 Å². The van der Waals surface area contributed by atoms with Gasteiger partial charge in [-0.15, -0.1) is 0 Å². The first kappa shape index (κ1) is 13.1. The van der Waals surface area contributed by atoms with Crippen LogP contribution in [0.15, 0.2) is 48.7 Å². The molecule has 4 heteroatoms. The predicted molar refractivity (Wildman–Crippen MR) is 70.7 cm³/mol. The number of benzene rings is 1. The highest BCUT2D eigenvalue weighted by molar-refractivity contribution is 5.73. The molecular formula is C15H15NO3. The van der Waals surface area contributed by atoms with Crippen LogP contribution >= 0.6 is 0 Å². The molecule has 0 aliphatic heterocycles. The van der Waals surface area contributed by atoms with Gasteiger partial charge in [0.2, 0.25) is 0 Å². The number of hydrogen-bond donors (Lipinski definition) is 0. The number of rotatable bonds is 5. The number of para-hydroxylation sites is 1. The highest BCUT2D eigenvalue weighted by Gasteiger charge is 2.08. The molecule has 2 rings (SSSR count). The molecule has 1 aromatic carbocycles. The standard InChI is InChI=1S/C15H15NO3/c1-18-15(17)10-12-6-2-3-8-14(12)19-11-13-7-4-5-9-16-13/h2-9H,10-11H2,1H3. The van der Waals surface area contributed by atoms with Crippen molar-refractivity contribution in [3.63, 3.8) is 0 Å². The van der Waals surface area contributed by atoms with E-state index in [9.17, 15) is 4.79 Å². The number of ether oxygens (including phenoxy) is 2. The molecule has 0 bridgehead atoms. The van der Waals surface area contributed by atoms with Gasteiger partial charge >= 0.3 is 5.97 Å². The Morgan fingerprint density at radius 1 is 1.16 bits per heavy atom. The third-order valence-electron chi connectivity index (χ3n) is 2.64. The lowest BCUT2D eigenvalue weighted by molar-refractivity contribution is -0.139. The van der Waals surface area contributed by atoms with E-state index in [1.165, 1.54) is 7.11 Å². The Hall–Kier alpha value is -2.36. The van der Waals surface area contributed by atoms with E-state index in [4.69, 9.17) is 4.74 Å². The van der Waals surface area contributed by atoms with Gasteiger partial charge in [0.25, 0.3) is 0 Å². The van der Waals surface area contributed by atoms with E-state index in [1.807, 2.05) is 42.5 Å². The third kappa shape index (κ3) is 3.81. The summed E-state index contributed by atoms with van der Waals surface area (Å²) in [5.74, 6) is 0.396. The number of aromatic nitrogens is 1. The Kier molecular flexibility index (Phi) is 4.50. The molecule has 0 amide bonds. The lowest BCUT2D eigenvalue weighted by Gasteiger charge is -2.10. The smallest absolute Gasteiger partial charge is 0.310 e. The third-order valence-corrected chi connectivity index (χ3v) is 2.64. The Bertz CT molecular complexity index is 540. The van der Waals surface area contributed by atoms with Crippen LogP contribution in [0.1, 0.15) is 11.3 Å². The molecule has 0 radical (unpaired) electrons. The van der Waals surface area contributed by atoms with E-state index in [2.05, 4.69) is 9.72 Å². The number of carbonyl (C=O) groups is 1. The molecule has 4 nitrogen and oxygen atoms in total. The summed E-state index contributed by atoms with van der Waals surface area (Å²) in [7, 11) is 1.37. The van der Waals surface area contributed by atoms with Crippen LogP contribution in [-0.4, -0.2) is 18.1 Å². The maximum absolute atomic E-state index is 11.3. The van der Waals surface area contributed by atoms with Crippen molar-refractivity contribution in [3.05, 3.63) is 59.9 Å². The van der Waals surface area contributed by atoms with Gasteiger partial charge in [0, 0.05) is 11.8 Å². The van der Waals surface area contributed by atoms with E-state index < -0.39 is 0 Å². The van der Waals surface area contributed by atoms with Crippen molar-refractivity contribution in [3.8, 4) is 5.75 Å².